The van der Waals surface area contributed by atoms with Crippen LogP contribution < -0.4 is 10.9 Å². The molecular formula is C21H21N5O2S. The summed E-state index contributed by atoms with van der Waals surface area (Å²) in [5.74, 6) is -0.270. The lowest BCUT2D eigenvalue weighted by molar-refractivity contribution is -0.119. The first-order valence-electron chi connectivity index (χ1n) is 9.38. The normalized spacial score (nSPS) is 12.2. The number of anilines is 1. The second-order valence-electron chi connectivity index (χ2n) is 6.82. The fraction of sp³-hybridized carbons (Fsp3) is 0.238. The number of pyridine rings is 1. The van der Waals surface area contributed by atoms with Crippen LogP contribution in [0.15, 0.2) is 52.8 Å². The highest BCUT2D eigenvalue weighted by molar-refractivity contribution is 7.13. The third kappa shape index (κ3) is 3.36. The van der Waals surface area contributed by atoms with Gasteiger partial charge in [0.05, 0.1) is 11.4 Å². The first kappa shape index (κ1) is 19.1. The van der Waals surface area contributed by atoms with Gasteiger partial charge in [0.1, 0.15) is 11.7 Å². The van der Waals surface area contributed by atoms with Gasteiger partial charge in [0.2, 0.25) is 5.91 Å². The van der Waals surface area contributed by atoms with Crippen molar-refractivity contribution in [2.75, 3.05) is 5.32 Å². The standard InChI is InChI=1S/C21H21N5O2S/c1-4-16(19(28)23-21-22-10-11-29-21)25-17(27)12-13(2)18-14(3)24-26(20(18)25)15-8-6-5-7-9-15/h5-12,16H,4H2,1-3H3,(H,22,23,28). The van der Waals surface area contributed by atoms with Gasteiger partial charge in [0, 0.05) is 23.0 Å². The molecule has 0 aliphatic rings. The van der Waals surface area contributed by atoms with Gasteiger partial charge in [-0.05, 0) is 38.0 Å². The van der Waals surface area contributed by atoms with Crippen molar-refractivity contribution in [1.29, 1.82) is 0 Å². The summed E-state index contributed by atoms with van der Waals surface area (Å²) in [4.78, 5) is 30.2. The molecule has 3 aromatic heterocycles. The van der Waals surface area contributed by atoms with Crippen molar-refractivity contribution in [2.45, 2.75) is 33.2 Å². The Kier molecular flexibility index (Phi) is 5.02. The Bertz CT molecular complexity index is 1230. The zero-order valence-corrected chi connectivity index (χ0v) is 17.2. The molecule has 8 heteroatoms. The summed E-state index contributed by atoms with van der Waals surface area (Å²) in [6.07, 6.45) is 2.08. The minimum atomic E-state index is -0.687. The Morgan fingerprint density at radius 1 is 1.24 bits per heavy atom. The molecule has 1 unspecified atom stereocenters. The Balaban J connectivity index is 1.95. The first-order valence-corrected chi connectivity index (χ1v) is 10.3. The second-order valence-corrected chi connectivity index (χ2v) is 7.71. The lowest BCUT2D eigenvalue weighted by Crippen LogP contribution is -2.34. The number of nitrogens with zero attached hydrogens (tertiary/aromatic N) is 4. The molecule has 4 aromatic rings. The van der Waals surface area contributed by atoms with Crippen LogP contribution in [0.5, 0.6) is 0 Å². The molecule has 148 valence electrons. The van der Waals surface area contributed by atoms with Gasteiger partial charge in [-0.15, -0.1) is 11.3 Å². The van der Waals surface area contributed by atoms with E-state index in [0.717, 1.165) is 22.3 Å². The predicted octanol–water partition coefficient (Wildman–Crippen LogP) is 3.85. The molecule has 1 amide bonds. The maximum absolute atomic E-state index is 13.1. The zero-order chi connectivity index (χ0) is 20.5. The van der Waals surface area contributed by atoms with Crippen molar-refractivity contribution in [2.24, 2.45) is 0 Å². The molecule has 0 saturated heterocycles. The van der Waals surface area contributed by atoms with E-state index >= 15 is 0 Å². The molecule has 0 spiro atoms. The topological polar surface area (TPSA) is 81.8 Å². The maximum atomic E-state index is 13.1. The molecule has 0 radical (unpaired) electrons. The highest BCUT2D eigenvalue weighted by Gasteiger charge is 2.26. The predicted molar refractivity (Wildman–Crippen MR) is 115 cm³/mol. The number of hydrogen-bond acceptors (Lipinski definition) is 5. The molecule has 1 N–H and O–H groups in total. The van der Waals surface area contributed by atoms with E-state index in [1.165, 1.54) is 11.3 Å². The van der Waals surface area contributed by atoms with Crippen LogP contribution in [-0.4, -0.2) is 25.2 Å². The number of carbonyl (C=O) groups is 1. The molecule has 0 aliphatic carbocycles. The molecule has 29 heavy (non-hydrogen) atoms. The monoisotopic (exact) mass is 407 g/mol. The van der Waals surface area contributed by atoms with Gasteiger partial charge < -0.3 is 5.32 Å². The summed E-state index contributed by atoms with van der Waals surface area (Å²) in [6.45, 7) is 5.70. The highest BCUT2D eigenvalue weighted by atomic mass is 32.1. The van der Waals surface area contributed by atoms with Gasteiger partial charge in [-0.2, -0.15) is 5.10 Å². The van der Waals surface area contributed by atoms with E-state index in [4.69, 9.17) is 0 Å². The second kappa shape index (κ2) is 7.63. The summed E-state index contributed by atoms with van der Waals surface area (Å²) < 4.78 is 3.30. The lowest BCUT2D eigenvalue weighted by atomic mass is 10.1. The number of para-hydroxylation sites is 1. The summed E-state index contributed by atoms with van der Waals surface area (Å²) in [5, 5.41) is 10.7. The number of thiazole rings is 1. The smallest absolute Gasteiger partial charge is 0.253 e. The summed E-state index contributed by atoms with van der Waals surface area (Å²) in [6, 6.07) is 10.5. The van der Waals surface area contributed by atoms with Crippen LogP contribution >= 0.6 is 11.3 Å². The van der Waals surface area contributed by atoms with E-state index in [1.807, 2.05) is 51.1 Å². The van der Waals surface area contributed by atoms with Crippen molar-refractivity contribution >= 4 is 33.4 Å². The minimum absolute atomic E-state index is 0.229. The van der Waals surface area contributed by atoms with Crippen LogP contribution in [0, 0.1) is 13.8 Å². The van der Waals surface area contributed by atoms with Gasteiger partial charge in [0.25, 0.3) is 5.56 Å². The number of fused-ring (bicyclic) bond motifs is 1. The number of hydrogen-bond donors (Lipinski definition) is 1. The first-order chi connectivity index (χ1) is 14.0. The Hall–Kier alpha value is -3.26. The summed E-state index contributed by atoms with van der Waals surface area (Å²) in [7, 11) is 0. The van der Waals surface area contributed by atoms with Gasteiger partial charge in [0.15, 0.2) is 5.13 Å². The number of amides is 1. The van der Waals surface area contributed by atoms with E-state index < -0.39 is 6.04 Å². The number of benzene rings is 1. The molecule has 0 fully saturated rings. The molecular weight excluding hydrogens is 386 g/mol. The maximum Gasteiger partial charge on any atom is 0.253 e. The van der Waals surface area contributed by atoms with E-state index in [1.54, 1.807) is 26.9 Å². The van der Waals surface area contributed by atoms with Crippen LogP contribution in [0.1, 0.15) is 30.6 Å². The number of nitrogens with one attached hydrogen (secondary N) is 1. The van der Waals surface area contributed by atoms with Gasteiger partial charge in [-0.25, -0.2) is 9.67 Å². The van der Waals surface area contributed by atoms with Crippen LogP contribution in [0.25, 0.3) is 16.7 Å². The highest BCUT2D eigenvalue weighted by Crippen LogP contribution is 2.27. The third-order valence-electron chi connectivity index (χ3n) is 4.90. The fourth-order valence-electron chi connectivity index (χ4n) is 3.64. The Labute approximate surface area is 171 Å². The van der Waals surface area contributed by atoms with E-state index in [2.05, 4.69) is 15.4 Å². The van der Waals surface area contributed by atoms with Gasteiger partial charge in [-0.3, -0.25) is 14.2 Å². The van der Waals surface area contributed by atoms with Crippen molar-refractivity contribution in [3.63, 3.8) is 0 Å². The van der Waals surface area contributed by atoms with E-state index in [9.17, 15) is 9.59 Å². The zero-order valence-electron chi connectivity index (χ0n) is 16.4. The molecule has 1 atom stereocenters. The Morgan fingerprint density at radius 2 is 2.00 bits per heavy atom. The third-order valence-corrected chi connectivity index (χ3v) is 5.59. The van der Waals surface area contributed by atoms with E-state index in [-0.39, 0.29) is 11.5 Å². The van der Waals surface area contributed by atoms with Crippen molar-refractivity contribution in [3.8, 4) is 5.69 Å². The molecule has 7 nitrogen and oxygen atoms in total. The molecule has 1 aromatic carbocycles. The molecule has 3 heterocycles. The van der Waals surface area contributed by atoms with Crippen LogP contribution in [0.3, 0.4) is 0 Å². The number of aromatic nitrogens is 4. The number of aryl methyl sites for hydroxylation is 2. The van der Waals surface area contributed by atoms with Crippen molar-refractivity contribution in [3.05, 3.63) is 69.6 Å². The van der Waals surface area contributed by atoms with Crippen LogP contribution in [-0.2, 0) is 4.79 Å². The Morgan fingerprint density at radius 3 is 2.66 bits per heavy atom. The van der Waals surface area contributed by atoms with Crippen molar-refractivity contribution in [1.82, 2.24) is 19.3 Å². The minimum Gasteiger partial charge on any atom is -0.300 e. The molecule has 4 rings (SSSR count). The molecule has 0 saturated carbocycles. The van der Waals surface area contributed by atoms with E-state index in [0.29, 0.717) is 17.2 Å². The number of rotatable bonds is 5. The molecule has 0 bridgehead atoms. The van der Waals surface area contributed by atoms with Gasteiger partial charge >= 0.3 is 0 Å². The van der Waals surface area contributed by atoms with Crippen LogP contribution in [0.2, 0.25) is 0 Å². The summed E-state index contributed by atoms with van der Waals surface area (Å²) >= 11 is 1.34. The lowest BCUT2D eigenvalue weighted by Gasteiger charge is -2.20. The fourth-order valence-corrected chi connectivity index (χ4v) is 4.17. The van der Waals surface area contributed by atoms with Crippen molar-refractivity contribution < 1.29 is 4.79 Å². The van der Waals surface area contributed by atoms with Gasteiger partial charge in [-0.1, -0.05) is 25.1 Å². The average molecular weight is 407 g/mol. The molecule has 0 aliphatic heterocycles. The quantitative estimate of drug-likeness (QED) is 0.545. The SMILES string of the molecule is CCC(C(=O)Nc1nccs1)n1c(=O)cc(C)c2c(C)nn(-c3ccccc3)c21. The number of carbonyl (C=O) groups excluding carboxylic acids is 1. The van der Waals surface area contributed by atoms with Crippen LogP contribution in [0.4, 0.5) is 5.13 Å². The largest absolute Gasteiger partial charge is 0.300 e. The average Bonchev–Trinajstić information content (AvgIpc) is 3.33. The summed E-state index contributed by atoms with van der Waals surface area (Å²) in [5.41, 5.74) is 2.88.